The van der Waals surface area contributed by atoms with Gasteiger partial charge < -0.3 is 4.74 Å². The van der Waals surface area contributed by atoms with Crippen LogP contribution >= 0.6 is 0 Å². The number of hydrogen-bond donors (Lipinski definition) is 0. The minimum Gasteiger partial charge on any atom is -0.455 e. The SMILES string of the molecule is CCC(=O)c1ccc(Oc2cc(C)ccc2C)cn1. The van der Waals surface area contributed by atoms with Crippen LogP contribution in [0.2, 0.25) is 0 Å². The topological polar surface area (TPSA) is 39.2 Å². The Morgan fingerprint density at radius 1 is 1.21 bits per heavy atom. The van der Waals surface area contributed by atoms with Crippen LogP contribution in [0.25, 0.3) is 0 Å². The highest BCUT2D eigenvalue weighted by atomic mass is 16.5. The minimum absolute atomic E-state index is 0.0401. The third-order valence-corrected chi connectivity index (χ3v) is 2.91. The van der Waals surface area contributed by atoms with E-state index in [1.54, 1.807) is 18.3 Å². The quantitative estimate of drug-likeness (QED) is 0.773. The molecule has 19 heavy (non-hydrogen) atoms. The maximum atomic E-state index is 11.5. The number of nitrogens with zero attached hydrogens (tertiary/aromatic N) is 1. The molecule has 3 heteroatoms. The second-order valence-corrected chi connectivity index (χ2v) is 4.53. The first-order chi connectivity index (χ1) is 9.10. The largest absolute Gasteiger partial charge is 0.455 e. The van der Waals surface area contributed by atoms with E-state index in [1.807, 2.05) is 39.0 Å². The van der Waals surface area contributed by atoms with Crippen LogP contribution in [-0.4, -0.2) is 10.8 Å². The fourth-order valence-corrected chi connectivity index (χ4v) is 1.73. The van der Waals surface area contributed by atoms with Gasteiger partial charge in [0.2, 0.25) is 0 Å². The molecule has 0 fully saturated rings. The van der Waals surface area contributed by atoms with Crippen molar-refractivity contribution < 1.29 is 9.53 Å². The molecule has 0 N–H and O–H groups in total. The highest BCUT2D eigenvalue weighted by Crippen LogP contribution is 2.25. The summed E-state index contributed by atoms with van der Waals surface area (Å²) in [7, 11) is 0. The van der Waals surface area contributed by atoms with Crippen molar-refractivity contribution in [3.8, 4) is 11.5 Å². The Balaban J connectivity index is 2.19. The van der Waals surface area contributed by atoms with E-state index in [0.29, 0.717) is 17.9 Å². The molecule has 0 aliphatic rings. The average Bonchev–Trinajstić information content (AvgIpc) is 2.43. The van der Waals surface area contributed by atoms with E-state index in [-0.39, 0.29) is 5.78 Å². The molecule has 2 rings (SSSR count). The third-order valence-electron chi connectivity index (χ3n) is 2.91. The number of aromatic nitrogens is 1. The van der Waals surface area contributed by atoms with Gasteiger partial charge in [0.15, 0.2) is 5.78 Å². The van der Waals surface area contributed by atoms with Crippen molar-refractivity contribution in [2.45, 2.75) is 27.2 Å². The van der Waals surface area contributed by atoms with Crippen LogP contribution in [0.3, 0.4) is 0 Å². The molecule has 0 atom stereocenters. The molecule has 0 radical (unpaired) electrons. The smallest absolute Gasteiger partial charge is 0.180 e. The molecule has 0 saturated heterocycles. The maximum Gasteiger partial charge on any atom is 0.180 e. The van der Waals surface area contributed by atoms with Crippen molar-refractivity contribution in [1.29, 1.82) is 0 Å². The lowest BCUT2D eigenvalue weighted by Crippen LogP contribution is -1.99. The molecule has 0 aliphatic heterocycles. The standard InChI is InChI=1S/C16H17NO2/c1-4-15(18)14-8-7-13(10-17-14)19-16-9-11(2)5-6-12(16)3/h5-10H,4H2,1-3H3. The number of ketones is 1. The molecule has 1 aromatic heterocycles. The molecular formula is C16H17NO2. The third kappa shape index (κ3) is 3.19. The summed E-state index contributed by atoms with van der Waals surface area (Å²) in [5.74, 6) is 1.50. The number of Topliss-reactive ketones (excluding diaryl/α,β-unsaturated/α-hetero) is 1. The van der Waals surface area contributed by atoms with Gasteiger partial charge in [-0.15, -0.1) is 0 Å². The predicted octanol–water partition coefficient (Wildman–Crippen LogP) is 4.08. The van der Waals surface area contributed by atoms with Gasteiger partial charge in [0.05, 0.1) is 6.20 Å². The van der Waals surface area contributed by atoms with E-state index in [1.165, 1.54) is 0 Å². The van der Waals surface area contributed by atoms with Crippen LogP contribution in [0.4, 0.5) is 0 Å². The van der Waals surface area contributed by atoms with Gasteiger partial charge in [0.25, 0.3) is 0 Å². The number of carbonyl (C=O) groups is 1. The van der Waals surface area contributed by atoms with Gasteiger partial charge in [-0.1, -0.05) is 19.1 Å². The van der Waals surface area contributed by atoms with E-state index < -0.39 is 0 Å². The summed E-state index contributed by atoms with van der Waals surface area (Å²) >= 11 is 0. The Kier molecular flexibility index (Phi) is 3.95. The number of benzene rings is 1. The Labute approximate surface area is 113 Å². The molecule has 1 aromatic carbocycles. The van der Waals surface area contributed by atoms with E-state index in [2.05, 4.69) is 4.98 Å². The van der Waals surface area contributed by atoms with Crippen molar-refractivity contribution in [2.24, 2.45) is 0 Å². The monoisotopic (exact) mass is 255 g/mol. The van der Waals surface area contributed by atoms with Gasteiger partial charge in [0, 0.05) is 6.42 Å². The van der Waals surface area contributed by atoms with Crippen molar-refractivity contribution >= 4 is 5.78 Å². The van der Waals surface area contributed by atoms with Crippen molar-refractivity contribution in [2.75, 3.05) is 0 Å². The zero-order valence-electron chi connectivity index (χ0n) is 11.4. The van der Waals surface area contributed by atoms with E-state index >= 15 is 0 Å². The molecule has 0 spiro atoms. The van der Waals surface area contributed by atoms with Crippen LogP contribution in [-0.2, 0) is 0 Å². The molecule has 0 unspecified atom stereocenters. The van der Waals surface area contributed by atoms with Gasteiger partial charge in [0.1, 0.15) is 17.2 Å². The van der Waals surface area contributed by atoms with Gasteiger partial charge in [-0.3, -0.25) is 4.79 Å². The Morgan fingerprint density at radius 2 is 2.00 bits per heavy atom. The molecular weight excluding hydrogens is 238 g/mol. The highest BCUT2D eigenvalue weighted by molar-refractivity contribution is 5.93. The Hall–Kier alpha value is -2.16. The number of ether oxygens (including phenoxy) is 1. The van der Waals surface area contributed by atoms with Gasteiger partial charge >= 0.3 is 0 Å². The molecule has 98 valence electrons. The lowest BCUT2D eigenvalue weighted by Gasteiger charge is -2.09. The van der Waals surface area contributed by atoms with Gasteiger partial charge in [-0.2, -0.15) is 0 Å². The van der Waals surface area contributed by atoms with Crippen molar-refractivity contribution in [1.82, 2.24) is 4.98 Å². The molecule has 1 heterocycles. The molecule has 2 aromatic rings. The summed E-state index contributed by atoms with van der Waals surface area (Å²) < 4.78 is 5.78. The molecule has 0 bridgehead atoms. The number of rotatable bonds is 4. The van der Waals surface area contributed by atoms with E-state index in [9.17, 15) is 4.79 Å². The first-order valence-electron chi connectivity index (χ1n) is 6.34. The van der Waals surface area contributed by atoms with Gasteiger partial charge in [-0.05, 0) is 43.2 Å². The average molecular weight is 255 g/mol. The lowest BCUT2D eigenvalue weighted by atomic mass is 10.1. The minimum atomic E-state index is 0.0401. The van der Waals surface area contributed by atoms with Crippen LogP contribution in [0.1, 0.15) is 35.0 Å². The van der Waals surface area contributed by atoms with Crippen molar-refractivity contribution in [3.63, 3.8) is 0 Å². The summed E-state index contributed by atoms with van der Waals surface area (Å²) in [4.78, 5) is 15.6. The highest BCUT2D eigenvalue weighted by Gasteiger charge is 2.06. The first-order valence-corrected chi connectivity index (χ1v) is 6.34. The fourth-order valence-electron chi connectivity index (χ4n) is 1.73. The summed E-state index contributed by atoms with van der Waals surface area (Å²) in [6.07, 6.45) is 2.05. The first kappa shape index (κ1) is 13.3. The number of pyridine rings is 1. The fraction of sp³-hybridized carbons (Fsp3) is 0.250. The molecule has 3 nitrogen and oxygen atoms in total. The van der Waals surface area contributed by atoms with Crippen LogP contribution < -0.4 is 4.74 Å². The summed E-state index contributed by atoms with van der Waals surface area (Å²) in [5.41, 5.74) is 2.70. The summed E-state index contributed by atoms with van der Waals surface area (Å²) in [6.45, 7) is 5.84. The predicted molar refractivity (Wildman–Crippen MR) is 74.8 cm³/mol. The normalized spacial score (nSPS) is 10.3. The number of aryl methyl sites for hydroxylation is 2. The van der Waals surface area contributed by atoms with Crippen LogP contribution in [0.15, 0.2) is 36.5 Å². The van der Waals surface area contributed by atoms with Crippen LogP contribution in [0.5, 0.6) is 11.5 Å². The molecule has 0 amide bonds. The van der Waals surface area contributed by atoms with Gasteiger partial charge in [-0.25, -0.2) is 4.98 Å². The number of carbonyl (C=O) groups excluding carboxylic acids is 1. The molecule has 0 aliphatic carbocycles. The van der Waals surface area contributed by atoms with Crippen molar-refractivity contribution in [3.05, 3.63) is 53.3 Å². The zero-order valence-corrected chi connectivity index (χ0v) is 11.4. The lowest BCUT2D eigenvalue weighted by molar-refractivity contribution is 0.0983. The van der Waals surface area contributed by atoms with E-state index in [4.69, 9.17) is 4.74 Å². The maximum absolute atomic E-state index is 11.5. The second-order valence-electron chi connectivity index (χ2n) is 4.53. The molecule has 0 saturated carbocycles. The zero-order chi connectivity index (χ0) is 13.8. The Bertz CT molecular complexity index is 588. The van der Waals surface area contributed by atoms with Crippen LogP contribution in [0, 0.1) is 13.8 Å². The summed E-state index contributed by atoms with van der Waals surface area (Å²) in [5, 5.41) is 0. The Morgan fingerprint density at radius 3 is 2.63 bits per heavy atom. The second kappa shape index (κ2) is 5.65. The summed E-state index contributed by atoms with van der Waals surface area (Å²) in [6, 6.07) is 9.53. The number of hydrogen-bond acceptors (Lipinski definition) is 3. The van der Waals surface area contributed by atoms with E-state index in [0.717, 1.165) is 16.9 Å².